The number of aromatic hydroxyl groups is 1. The number of phenols is 1. The fraction of sp³-hybridized carbons (Fsp3) is 0.273. The molecular weight excluding hydrogens is 256 g/mol. The van der Waals surface area contributed by atoms with Crippen LogP contribution in [0.3, 0.4) is 0 Å². The molecule has 1 saturated heterocycles. The highest BCUT2D eigenvalue weighted by Gasteiger charge is 2.27. The highest BCUT2D eigenvalue weighted by Crippen LogP contribution is 2.22. The number of nitrogens with zero attached hydrogens (tertiary/aromatic N) is 2. The number of phenolic OH excluding ortho intramolecular Hbond substituents is 1. The van der Waals surface area contributed by atoms with Crippen molar-refractivity contribution < 1.29 is 9.90 Å². The predicted octanol–water partition coefficient (Wildman–Crippen LogP) is 1.65. The van der Waals surface area contributed by atoms with E-state index in [1.165, 1.54) is 11.8 Å². The summed E-state index contributed by atoms with van der Waals surface area (Å²) >= 11 is 6.50. The molecule has 1 fully saturated rings. The van der Waals surface area contributed by atoms with Gasteiger partial charge in [-0.25, -0.2) is 0 Å². The van der Waals surface area contributed by atoms with Crippen LogP contribution in [0.1, 0.15) is 0 Å². The Morgan fingerprint density at radius 1 is 1.47 bits per heavy atom. The Kier molecular flexibility index (Phi) is 3.54. The van der Waals surface area contributed by atoms with Gasteiger partial charge in [0.2, 0.25) is 5.91 Å². The zero-order valence-electron chi connectivity index (χ0n) is 9.29. The molecule has 1 aliphatic rings. The van der Waals surface area contributed by atoms with E-state index in [1.807, 2.05) is 11.9 Å². The van der Waals surface area contributed by atoms with Gasteiger partial charge in [-0.1, -0.05) is 24.0 Å². The molecule has 1 amide bonds. The van der Waals surface area contributed by atoms with Crippen molar-refractivity contribution in [2.75, 3.05) is 24.4 Å². The van der Waals surface area contributed by atoms with Crippen LogP contribution in [0, 0.1) is 0 Å². The van der Waals surface area contributed by atoms with Crippen LogP contribution in [0.4, 0.5) is 5.69 Å². The SMILES string of the molecule is CN(CN1C(=O)CSC1=S)c1ccc(O)cc1. The zero-order chi connectivity index (χ0) is 12.4. The third-order valence-electron chi connectivity index (χ3n) is 2.48. The van der Waals surface area contributed by atoms with E-state index in [9.17, 15) is 9.90 Å². The first-order chi connectivity index (χ1) is 8.08. The maximum atomic E-state index is 11.6. The maximum absolute atomic E-state index is 11.6. The van der Waals surface area contributed by atoms with Crippen LogP contribution in [0.25, 0.3) is 0 Å². The van der Waals surface area contributed by atoms with Crippen LogP contribution in [0.15, 0.2) is 24.3 Å². The molecule has 1 aromatic rings. The van der Waals surface area contributed by atoms with Crippen molar-refractivity contribution >= 4 is 39.9 Å². The Labute approximate surface area is 109 Å². The molecule has 0 saturated carbocycles. The van der Waals surface area contributed by atoms with Crippen molar-refractivity contribution in [3.63, 3.8) is 0 Å². The van der Waals surface area contributed by atoms with Crippen molar-refractivity contribution in [3.8, 4) is 5.75 Å². The summed E-state index contributed by atoms with van der Waals surface area (Å²) < 4.78 is 0.626. The van der Waals surface area contributed by atoms with Crippen LogP contribution >= 0.6 is 24.0 Å². The van der Waals surface area contributed by atoms with Gasteiger partial charge in [0.05, 0.1) is 12.4 Å². The van der Waals surface area contributed by atoms with E-state index in [-0.39, 0.29) is 11.7 Å². The molecule has 1 aromatic carbocycles. The summed E-state index contributed by atoms with van der Waals surface area (Å²) in [6.07, 6.45) is 0. The summed E-state index contributed by atoms with van der Waals surface area (Å²) in [5, 5.41) is 9.20. The van der Waals surface area contributed by atoms with Gasteiger partial charge in [-0.2, -0.15) is 0 Å². The minimum Gasteiger partial charge on any atom is -0.508 e. The molecule has 1 N–H and O–H groups in total. The fourth-order valence-electron chi connectivity index (χ4n) is 1.52. The van der Waals surface area contributed by atoms with Gasteiger partial charge in [-0.15, -0.1) is 0 Å². The van der Waals surface area contributed by atoms with Crippen molar-refractivity contribution in [2.45, 2.75) is 0 Å². The lowest BCUT2D eigenvalue weighted by atomic mass is 10.3. The van der Waals surface area contributed by atoms with Crippen molar-refractivity contribution in [1.29, 1.82) is 0 Å². The summed E-state index contributed by atoms with van der Waals surface area (Å²) in [5.74, 6) is 0.707. The quantitative estimate of drug-likeness (QED) is 0.844. The number of thioether (sulfide) groups is 1. The Morgan fingerprint density at radius 3 is 2.65 bits per heavy atom. The van der Waals surface area contributed by atoms with Gasteiger partial charge < -0.3 is 10.0 Å². The number of carbonyl (C=O) groups is 1. The first-order valence-corrected chi connectivity index (χ1v) is 6.44. The molecule has 0 aliphatic carbocycles. The van der Waals surface area contributed by atoms with Crippen molar-refractivity contribution in [3.05, 3.63) is 24.3 Å². The Bertz CT molecular complexity index is 431. The van der Waals surface area contributed by atoms with Crippen LogP contribution < -0.4 is 4.90 Å². The van der Waals surface area contributed by atoms with E-state index in [1.54, 1.807) is 29.2 Å². The molecule has 0 aromatic heterocycles. The molecule has 17 heavy (non-hydrogen) atoms. The molecule has 2 rings (SSSR count). The van der Waals surface area contributed by atoms with Crippen LogP contribution in [-0.2, 0) is 4.79 Å². The molecule has 4 nitrogen and oxygen atoms in total. The highest BCUT2D eigenvalue weighted by atomic mass is 32.2. The van der Waals surface area contributed by atoms with Gasteiger partial charge in [-0.05, 0) is 24.3 Å². The zero-order valence-corrected chi connectivity index (χ0v) is 10.9. The first kappa shape index (κ1) is 12.2. The molecule has 0 radical (unpaired) electrons. The third-order valence-corrected chi connectivity index (χ3v) is 3.92. The van der Waals surface area contributed by atoms with E-state index >= 15 is 0 Å². The number of benzene rings is 1. The molecule has 90 valence electrons. The Balaban J connectivity index is 2.06. The monoisotopic (exact) mass is 268 g/mol. The molecule has 0 unspecified atom stereocenters. The number of hydrogen-bond donors (Lipinski definition) is 1. The molecule has 0 spiro atoms. The summed E-state index contributed by atoms with van der Waals surface area (Å²) in [4.78, 5) is 15.1. The van der Waals surface area contributed by atoms with Crippen LogP contribution in [-0.4, -0.2) is 39.7 Å². The second-order valence-electron chi connectivity index (χ2n) is 3.73. The largest absolute Gasteiger partial charge is 0.508 e. The van der Waals surface area contributed by atoms with E-state index in [0.29, 0.717) is 16.7 Å². The van der Waals surface area contributed by atoms with Crippen molar-refractivity contribution in [2.24, 2.45) is 0 Å². The average Bonchev–Trinajstić information content (AvgIpc) is 2.61. The van der Waals surface area contributed by atoms with Crippen LogP contribution in [0.5, 0.6) is 5.75 Å². The molecule has 0 atom stereocenters. The summed E-state index contributed by atoms with van der Waals surface area (Å²) in [6.45, 7) is 0.440. The predicted molar refractivity (Wildman–Crippen MR) is 73.3 cm³/mol. The molecule has 1 heterocycles. The van der Waals surface area contributed by atoms with Gasteiger partial charge in [0.1, 0.15) is 10.1 Å². The van der Waals surface area contributed by atoms with Crippen molar-refractivity contribution in [1.82, 2.24) is 4.90 Å². The molecule has 6 heteroatoms. The van der Waals surface area contributed by atoms with Gasteiger partial charge in [-0.3, -0.25) is 9.69 Å². The van der Waals surface area contributed by atoms with E-state index in [4.69, 9.17) is 12.2 Å². The lowest BCUT2D eigenvalue weighted by Crippen LogP contribution is -2.38. The normalized spacial score (nSPS) is 15.5. The van der Waals surface area contributed by atoms with Crippen LogP contribution in [0.2, 0.25) is 0 Å². The van der Waals surface area contributed by atoms with E-state index in [0.717, 1.165) is 5.69 Å². The number of anilines is 1. The maximum Gasteiger partial charge on any atom is 0.239 e. The first-order valence-electron chi connectivity index (χ1n) is 5.05. The van der Waals surface area contributed by atoms with E-state index < -0.39 is 0 Å². The van der Waals surface area contributed by atoms with Gasteiger partial charge in [0, 0.05) is 12.7 Å². The smallest absolute Gasteiger partial charge is 0.239 e. The lowest BCUT2D eigenvalue weighted by molar-refractivity contribution is -0.123. The molecular formula is C11H12N2O2S2. The second-order valence-corrected chi connectivity index (χ2v) is 5.34. The average molecular weight is 268 g/mol. The number of rotatable bonds is 3. The van der Waals surface area contributed by atoms with Gasteiger partial charge in [0.25, 0.3) is 0 Å². The van der Waals surface area contributed by atoms with E-state index in [2.05, 4.69) is 0 Å². The minimum atomic E-state index is 0.0469. The molecule has 0 bridgehead atoms. The topological polar surface area (TPSA) is 43.8 Å². The summed E-state index contributed by atoms with van der Waals surface area (Å²) in [6, 6.07) is 6.83. The number of thiocarbonyl (C=S) groups is 1. The second kappa shape index (κ2) is 4.93. The Hall–Kier alpha value is -1.27. The standard InChI is InChI=1S/C11H12N2O2S2/c1-12(8-2-4-9(14)5-3-8)7-13-10(15)6-17-11(13)16/h2-5,14H,6-7H2,1H3. The van der Waals surface area contributed by atoms with Gasteiger partial charge >= 0.3 is 0 Å². The lowest BCUT2D eigenvalue weighted by Gasteiger charge is -2.25. The van der Waals surface area contributed by atoms with Gasteiger partial charge in [0.15, 0.2) is 0 Å². The molecule has 1 aliphatic heterocycles. The Morgan fingerprint density at radius 2 is 2.12 bits per heavy atom. The number of carbonyl (C=O) groups excluding carboxylic acids is 1. The number of hydrogen-bond acceptors (Lipinski definition) is 5. The fourth-order valence-corrected chi connectivity index (χ4v) is 2.57. The highest BCUT2D eigenvalue weighted by molar-refractivity contribution is 8.23. The summed E-state index contributed by atoms with van der Waals surface area (Å²) in [7, 11) is 1.88. The summed E-state index contributed by atoms with van der Waals surface area (Å²) in [5.41, 5.74) is 0.926. The minimum absolute atomic E-state index is 0.0469. The third kappa shape index (κ3) is 2.70. The number of amides is 1.